The molecule has 5 N–H and O–H groups in total. The van der Waals surface area contributed by atoms with E-state index in [9.17, 15) is 33.4 Å². The zero-order chi connectivity index (χ0) is 26.6. The lowest BCUT2D eigenvalue weighted by Crippen LogP contribution is -2.57. The van der Waals surface area contributed by atoms with Crippen LogP contribution in [0.5, 0.6) is 11.5 Å². The molecular weight excluding hydrogens is 512 g/mol. The van der Waals surface area contributed by atoms with Gasteiger partial charge in [0.25, 0.3) is 11.8 Å². The number of nitrogens with zero attached hydrogens (tertiary/aromatic N) is 2. The van der Waals surface area contributed by atoms with Crippen LogP contribution in [0.15, 0.2) is 41.5 Å². The number of benzene rings is 2. The third kappa shape index (κ3) is 6.01. The van der Waals surface area contributed by atoms with Gasteiger partial charge in [0.2, 0.25) is 5.91 Å². The summed E-state index contributed by atoms with van der Waals surface area (Å²) in [5.41, 5.74) is 3.21. The predicted molar refractivity (Wildman–Crippen MR) is 133 cm³/mol. The molecule has 11 nitrogen and oxygen atoms in total. The molecular formula is C23H25ClN4O7S. The molecule has 2 aromatic rings. The number of phenolic OH excluding ortho intramolecular Hbond substituents is 2. The van der Waals surface area contributed by atoms with Crippen LogP contribution in [-0.4, -0.2) is 65.1 Å². The van der Waals surface area contributed by atoms with Gasteiger partial charge in [0.1, 0.15) is 4.75 Å². The third-order valence-corrected chi connectivity index (χ3v) is 7.13. The molecule has 1 unspecified atom stereocenters. The van der Waals surface area contributed by atoms with Crippen LogP contribution in [0.2, 0.25) is 5.02 Å². The second-order valence-corrected chi connectivity index (χ2v) is 10.3. The van der Waals surface area contributed by atoms with E-state index in [4.69, 9.17) is 11.6 Å². The van der Waals surface area contributed by atoms with E-state index in [-0.39, 0.29) is 41.2 Å². The molecule has 0 aromatic heterocycles. The van der Waals surface area contributed by atoms with Crippen molar-refractivity contribution in [2.24, 2.45) is 5.10 Å². The Hall–Kier alpha value is -3.48. The number of halogens is 1. The largest absolute Gasteiger partial charge is 0.504 e. The van der Waals surface area contributed by atoms with E-state index in [0.717, 1.165) is 12.3 Å². The van der Waals surface area contributed by atoms with E-state index in [2.05, 4.69) is 15.8 Å². The van der Waals surface area contributed by atoms with Crippen molar-refractivity contribution in [2.75, 3.05) is 6.54 Å². The number of hydrogen-bond donors (Lipinski definition) is 5. The van der Waals surface area contributed by atoms with Gasteiger partial charge in [0.05, 0.1) is 10.6 Å². The van der Waals surface area contributed by atoms with Crippen LogP contribution in [0.25, 0.3) is 0 Å². The van der Waals surface area contributed by atoms with E-state index >= 15 is 0 Å². The maximum atomic E-state index is 12.4. The van der Waals surface area contributed by atoms with Gasteiger partial charge in [-0.05, 0) is 43.7 Å². The zero-order valence-electron chi connectivity index (χ0n) is 19.4. The van der Waals surface area contributed by atoms with Crippen LogP contribution < -0.4 is 10.7 Å². The number of carbonyl (C=O) groups is 3. The number of likely N-dealkylation sites (tertiary alicyclic amines) is 1. The van der Waals surface area contributed by atoms with Gasteiger partial charge in [-0.15, -0.1) is 0 Å². The molecule has 0 saturated carbocycles. The van der Waals surface area contributed by atoms with Gasteiger partial charge in [-0.2, -0.15) is 5.10 Å². The van der Waals surface area contributed by atoms with Crippen LogP contribution in [0.3, 0.4) is 0 Å². The van der Waals surface area contributed by atoms with Gasteiger partial charge in [-0.25, -0.2) is 9.63 Å². The maximum absolute atomic E-state index is 12.4. The van der Waals surface area contributed by atoms with E-state index in [1.165, 1.54) is 30.0 Å². The van der Waals surface area contributed by atoms with E-state index in [0.29, 0.717) is 12.0 Å². The minimum absolute atomic E-state index is 0.00906. The maximum Gasteiger partial charge on any atom is 0.271 e. The molecule has 1 aliphatic rings. The van der Waals surface area contributed by atoms with Crippen molar-refractivity contribution in [3.05, 3.63) is 58.1 Å². The first kappa shape index (κ1) is 27.1. The highest BCUT2D eigenvalue weighted by Gasteiger charge is 2.40. The van der Waals surface area contributed by atoms with Crippen molar-refractivity contribution in [3.63, 3.8) is 0 Å². The van der Waals surface area contributed by atoms with Crippen molar-refractivity contribution in [1.82, 2.24) is 15.6 Å². The van der Waals surface area contributed by atoms with Gasteiger partial charge in [-0.1, -0.05) is 23.7 Å². The molecule has 0 radical (unpaired) electrons. The Morgan fingerprint density at radius 1 is 1.22 bits per heavy atom. The second-order valence-electron chi connectivity index (χ2n) is 8.51. The highest BCUT2D eigenvalue weighted by atomic mass is 35.5. The van der Waals surface area contributed by atoms with Crippen molar-refractivity contribution in [3.8, 4) is 11.5 Å². The molecule has 192 valence electrons. The number of aromatic hydroxyl groups is 2. The fourth-order valence-corrected chi connectivity index (χ4v) is 4.05. The van der Waals surface area contributed by atoms with E-state index in [1.54, 1.807) is 12.1 Å². The van der Waals surface area contributed by atoms with Crippen LogP contribution in [0, 0.1) is 0 Å². The Morgan fingerprint density at radius 3 is 2.47 bits per heavy atom. The topological polar surface area (TPSA) is 169 Å². The van der Waals surface area contributed by atoms with Crippen LogP contribution in [-0.2, 0) is 22.4 Å². The van der Waals surface area contributed by atoms with Crippen molar-refractivity contribution >= 4 is 46.6 Å². The average molecular weight is 537 g/mol. The minimum Gasteiger partial charge on any atom is -0.504 e. The fourth-order valence-electron chi connectivity index (χ4n) is 3.41. The second kappa shape index (κ2) is 11.1. The van der Waals surface area contributed by atoms with Crippen molar-refractivity contribution < 1.29 is 33.4 Å². The normalized spacial score (nSPS) is 17.8. The molecule has 3 atom stereocenters. The summed E-state index contributed by atoms with van der Waals surface area (Å²) < 4.78 is 20.2. The van der Waals surface area contributed by atoms with E-state index in [1.807, 2.05) is 6.92 Å². The summed E-state index contributed by atoms with van der Waals surface area (Å²) >= 11 is 3.55. The quantitative estimate of drug-likeness (QED) is 0.107. The standard InChI is InChI=1S/C23H25ClN4O7S/c1-13-9-18(30)28(13)12-23(2,36(34)35)11-26-27-21(32)15-5-3-14(4-6-15)10-25-22(33)16-7-8-17(29)20(31)19(16)24/h3-8,11,13,29,31H,9-10,12H2,1-2H3,(H,25,33)(H,27,32)(H,34,35)/b26-11+/t13-,23+/m1/s1. The number of hydrazone groups is 1. The van der Waals surface area contributed by atoms with Crippen molar-refractivity contribution in [2.45, 2.75) is 37.6 Å². The number of amides is 3. The smallest absolute Gasteiger partial charge is 0.271 e. The molecule has 3 amide bonds. The highest BCUT2D eigenvalue weighted by Crippen LogP contribution is 2.35. The van der Waals surface area contributed by atoms with Crippen molar-refractivity contribution in [1.29, 1.82) is 0 Å². The number of nitrogens with one attached hydrogen (secondary N) is 2. The Balaban J connectivity index is 1.56. The Kier molecular flexibility index (Phi) is 8.33. The summed E-state index contributed by atoms with van der Waals surface area (Å²) in [4.78, 5) is 37.9. The molecule has 1 fully saturated rings. The third-order valence-electron chi connectivity index (χ3n) is 5.72. The summed E-state index contributed by atoms with van der Waals surface area (Å²) in [7, 11) is 0. The lowest BCUT2D eigenvalue weighted by molar-refractivity contribution is -0.145. The van der Waals surface area contributed by atoms with Gasteiger partial charge in [-0.3, -0.25) is 14.4 Å². The molecule has 1 heterocycles. The minimum atomic E-state index is -2.34. The van der Waals surface area contributed by atoms with E-state index < -0.39 is 39.1 Å². The van der Waals surface area contributed by atoms with Crippen LogP contribution in [0.4, 0.5) is 0 Å². The molecule has 0 bridgehead atoms. The summed E-state index contributed by atoms with van der Waals surface area (Å²) in [5, 5.41) is 25.2. The number of rotatable bonds is 9. The SMILES string of the molecule is C[C@@H]1CC(=O)N1C[C@](C)(/C=N/NC(=O)c1ccc(CNC(=O)c2ccc(O)c(O)c2Cl)cc1)S(=O)O. The Bertz CT molecular complexity index is 1240. The van der Waals surface area contributed by atoms with Crippen LogP contribution >= 0.6 is 11.6 Å². The first-order valence-corrected chi connectivity index (χ1v) is 12.2. The van der Waals surface area contributed by atoms with Gasteiger partial charge >= 0.3 is 0 Å². The predicted octanol–water partition coefficient (Wildman–Crippen LogP) is 2.00. The summed E-state index contributed by atoms with van der Waals surface area (Å²) in [6, 6.07) is 8.64. The summed E-state index contributed by atoms with van der Waals surface area (Å²) in [6.45, 7) is 3.40. The zero-order valence-corrected chi connectivity index (χ0v) is 21.0. The van der Waals surface area contributed by atoms with Gasteiger partial charge < -0.3 is 25.0 Å². The molecule has 13 heteroatoms. The van der Waals surface area contributed by atoms with Gasteiger partial charge in [0, 0.05) is 37.3 Å². The number of carbonyl (C=O) groups excluding carboxylic acids is 3. The molecule has 1 aliphatic heterocycles. The fraction of sp³-hybridized carbons (Fsp3) is 0.304. The lowest BCUT2D eigenvalue weighted by atomic mass is 10.0. The molecule has 0 spiro atoms. The number of phenols is 2. The Morgan fingerprint density at radius 2 is 1.89 bits per heavy atom. The molecule has 36 heavy (non-hydrogen) atoms. The first-order chi connectivity index (χ1) is 16.9. The number of β-lactam (4-membered cyclic amide) rings is 1. The molecule has 1 saturated heterocycles. The van der Waals surface area contributed by atoms with Crippen LogP contribution in [0.1, 0.15) is 46.5 Å². The molecule has 3 rings (SSSR count). The highest BCUT2D eigenvalue weighted by molar-refractivity contribution is 7.81. The summed E-state index contributed by atoms with van der Waals surface area (Å²) in [6.07, 6.45) is 1.53. The molecule has 2 aromatic carbocycles. The monoisotopic (exact) mass is 536 g/mol. The molecule has 0 aliphatic carbocycles. The summed E-state index contributed by atoms with van der Waals surface area (Å²) in [5.74, 6) is -2.27. The number of hydrogen-bond acceptors (Lipinski definition) is 7. The lowest BCUT2D eigenvalue weighted by Gasteiger charge is -2.41. The average Bonchev–Trinajstić information content (AvgIpc) is 2.85. The first-order valence-electron chi connectivity index (χ1n) is 10.8. The Labute approximate surface area is 214 Å². The van der Waals surface area contributed by atoms with Gasteiger partial charge in [0.15, 0.2) is 22.6 Å².